The van der Waals surface area contributed by atoms with Crippen LogP contribution in [0.4, 0.5) is 5.82 Å². The summed E-state index contributed by atoms with van der Waals surface area (Å²) in [6.07, 6.45) is 6.05. The number of carbonyl (C=O) groups excluding carboxylic acids is 2. The van der Waals surface area contributed by atoms with Gasteiger partial charge in [-0.15, -0.1) is 6.42 Å². The van der Waals surface area contributed by atoms with Gasteiger partial charge in [-0.05, 0) is 53.1 Å². The number of nitrogens with two attached hydrogens (primary N) is 1. The van der Waals surface area contributed by atoms with Gasteiger partial charge in [-0.2, -0.15) is 4.98 Å². The number of fused-ring (bicyclic) bond motifs is 1. The molecule has 3 atom stereocenters. The van der Waals surface area contributed by atoms with E-state index in [0.29, 0.717) is 32.2 Å². The van der Waals surface area contributed by atoms with E-state index in [4.69, 9.17) is 61.2 Å². The van der Waals surface area contributed by atoms with Crippen LogP contribution in [-0.2, 0) is 36.6 Å². The minimum absolute atomic E-state index is 0.0147. The lowest BCUT2D eigenvalue weighted by atomic mass is 9.98. The summed E-state index contributed by atoms with van der Waals surface area (Å²) in [5.74, 6) is 1.70. The summed E-state index contributed by atoms with van der Waals surface area (Å²) in [6.45, 7) is -0.359. The molecule has 2 N–H and O–H groups in total. The van der Waals surface area contributed by atoms with Gasteiger partial charge in [0.05, 0.1) is 18.2 Å². The van der Waals surface area contributed by atoms with Gasteiger partial charge in [0.1, 0.15) is 30.4 Å². The fourth-order valence-corrected chi connectivity index (χ4v) is 5.01. The van der Waals surface area contributed by atoms with Gasteiger partial charge in [0.2, 0.25) is 10.9 Å². The second-order valence-electron chi connectivity index (χ2n) is 9.43. The number of rotatable bonds is 8. The van der Waals surface area contributed by atoms with E-state index in [1.54, 1.807) is 65.4 Å². The monoisotopic (exact) mass is 612 g/mol. The van der Waals surface area contributed by atoms with Crippen molar-refractivity contribution in [1.82, 2.24) is 14.5 Å². The van der Waals surface area contributed by atoms with Crippen LogP contribution in [-0.4, -0.2) is 44.8 Å². The molecule has 0 aliphatic carbocycles. The lowest BCUT2D eigenvalue weighted by molar-refractivity contribution is -0.166. The normalized spacial score (nSPS) is 20.0. The quantitative estimate of drug-likeness (QED) is 0.164. The summed E-state index contributed by atoms with van der Waals surface area (Å²) in [7, 11) is 0. The maximum absolute atomic E-state index is 13.0. The van der Waals surface area contributed by atoms with E-state index in [0.717, 1.165) is 0 Å². The fourth-order valence-electron chi connectivity index (χ4n) is 4.59. The third-order valence-electron chi connectivity index (χ3n) is 6.66. The van der Waals surface area contributed by atoms with Crippen LogP contribution in [0, 0.1) is 12.3 Å². The molecule has 0 saturated carbocycles. The van der Waals surface area contributed by atoms with Crippen LogP contribution in [0.2, 0.25) is 15.3 Å². The number of esters is 2. The van der Waals surface area contributed by atoms with Crippen LogP contribution < -0.4 is 5.73 Å². The predicted octanol–water partition coefficient (Wildman–Crippen LogP) is 5.21. The van der Waals surface area contributed by atoms with Gasteiger partial charge in [0, 0.05) is 22.7 Å². The van der Waals surface area contributed by atoms with Crippen molar-refractivity contribution in [3.05, 3.63) is 87.2 Å². The Bertz CT molecular complexity index is 1640. The highest BCUT2D eigenvalue weighted by Gasteiger charge is 2.52. The number of carbonyl (C=O) groups is 2. The first-order valence-corrected chi connectivity index (χ1v) is 13.6. The maximum Gasteiger partial charge on any atom is 0.310 e. The standard InChI is InChI=1S/C29H23Cl3N4O5/c1-2-29(16-39-24(37)13-17-3-7-19(30)8-4-17)22(40-25(38)14-18-5-9-20(31)10-6-18)15-23(41-29)36-12-11-21-26(33)34-28(32)35-27(21)36/h1,3-12,22-23H,13-16H2,(H2,33,34,35)/t22-,23+,29+/m0/s1. The highest BCUT2D eigenvalue weighted by Crippen LogP contribution is 2.41. The molecule has 0 unspecified atom stereocenters. The molecule has 4 aromatic rings. The van der Waals surface area contributed by atoms with Crippen molar-refractivity contribution in [2.24, 2.45) is 0 Å². The second kappa shape index (κ2) is 12.0. The number of aromatic nitrogens is 3. The third-order valence-corrected chi connectivity index (χ3v) is 7.33. The molecule has 0 bridgehead atoms. The van der Waals surface area contributed by atoms with Gasteiger partial charge in [0.15, 0.2) is 0 Å². The summed E-state index contributed by atoms with van der Waals surface area (Å²) >= 11 is 17.9. The van der Waals surface area contributed by atoms with Gasteiger partial charge in [0.25, 0.3) is 0 Å². The Morgan fingerprint density at radius 3 is 2.22 bits per heavy atom. The minimum Gasteiger partial charge on any atom is -0.461 e. The van der Waals surface area contributed by atoms with Crippen molar-refractivity contribution in [2.45, 2.75) is 37.2 Å². The van der Waals surface area contributed by atoms with Crippen molar-refractivity contribution in [1.29, 1.82) is 0 Å². The zero-order chi connectivity index (χ0) is 29.1. The number of anilines is 1. The average Bonchev–Trinajstić information content (AvgIpc) is 3.52. The molecule has 0 amide bonds. The highest BCUT2D eigenvalue weighted by molar-refractivity contribution is 6.30. The van der Waals surface area contributed by atoms with Gasteiger partial charge < -0.3 is 24.5 Å². The van der Waals surface area contributed by atoms with Crippen molar-refractivity contribution in [2.75, 3.05) is 12.3 Å². The first-order chi connectivity index (χ1) is 19.7. The molecular formula is C29H23Cl3N4O5. The Morgan fingerprint density at radius 2 is 1.61 bits per heavy atom. The van der Waals surface area contributed by atoms with Gasteiger partial charge in [-0.3, -0.25) is 9.59 Å². The van der Waals surface area contributed by atoms with Crippen molar-refractivity contribution in [3.8, 4) is 12.3 Å². The number of hydrogen-bond donors (Lipinski definition) is 1. The molecule has 1 aliphatic heterocycles. The Labute approximate surface area is 250 Å². The number of benzene rings is 2. The summed E-state index contributed by atoms with van der Waals surface area (Å²) in [4.78, 5) is 34.0. The molecule has 1 fully saturated rings. The van der Waals surface area contributed by atoms with E-state index < -0.39 is 29.9 Å². The molecule has 3 heterocycles. The van der Waals surface area contributed by atoms with E-state index >= 15 is 0 Å². The van der Waals surface area contributed by atoms with Crippen molar-refractivity contribution < 1.29 is 23.8 Å². The first-order valence-electron chi connectivity index (χ1n) is 12.4. The van der Waals surface area contributed by atoms with E-state index in [-0.39, 0.29) is 37.0 Å². The number of hydrogen-bond acceptors (Lipinski definition) is 8. The van der Waals surface area contributed by atoms with Crippen LogP contribution in [0.25, 0.3) is 11.0 Å². The number of halogens is 3. The van der Waals surface area contributed by atoms with E-state index in [2.05, 4.69) is 15.9 Å². The minimum atomic E-state index is -1.59. The first kappa shape index (κ1) is 28.7. The number of nitrogens with zero attached hydrogens (tertiary/aromatic N) is 3. The van der Waals surface area contributed by atoms with E-state index in [1.165, 1.54) is 0 Å². The number of nitrogen functional groups attached to an aromatic ring is 1. The Kier molecular flexibility index (Phi) is 8.38. The zero-order valence-corrected chi connectivity index (χ0v) is 23.7. The van der Waals surface area contributed by atoms with Crippen molar-refractivity contribution >= 4 is 63.6 Å². The Balaban J connectivity index is 1.39. The van der Waals surface area contributed by atoms with Crippen LogP contribution in [0.5, 0.6) is 0 Å². The molecular weight excluding hydrogens is 591 g/mol. The summed E-state index contributed by atoms with van der Waals surface area (Å²) < 4.78 is 19.4. The Hall–Kier alpha value is -3.81. The fraction of sp³-hybridized carbons (Fsp3) is 0.241. The molecule has 41 heavy (non-hydrogen) atoms. The topological polar surface area (TPSA) is 119 Å². The van der Waals surface area contributed by atoms with Gasteiger partial charge in [-0.25, -0.2) is 4.98 Å². The molecule has 12 heteroatoms. The molecule has 5 rings (SSSR count). The molecule has 0 spiro atoms. The third kappa shape index (κ3) is 6.42. The number of terminal acetylenes is 1. The van der Waals surface area contributed by atoms with E-state index in [1.807, 2.05) is 0 Å². The SMILES string of the molecule is C#C[C@]1(COC(=O)Cc2ccc(Cl)cc2)O[C@@H](n2ccc3c(N)nc(Cl)nc32)C[C@@H]1OC(=O)Cc1ccc(Cl)cc1. The summed E-state index contributed by atoms with van der Waals surface area (Å²) in [6, 6.07) is 15.3. The van der Waals surface area contributed by atoms with Crippen LogP contribution in [0.3, 0.4) is 0 Å². The zero-order valence-electron chi connectivity index (χ0n) is 21.4. The smallest absolute Gasteiger partial charge is 0.310 e. The lowest BCUT2D eigenvalue weighted by Crippen LogP contribution is -2.45. The molecule has 2 aromatic heterocycles. The van der Waals surface area contributed by atoms with Gasteiger partial charge >= 0.3 is 11.9 Å². The molecule has 0 radical (unpaired) electrons. The Morgan fingerprint density at radius 1 is 1.00 bits per heavy atom. The molecule has 1 saturated heterocycles. The molecule has 1 aliphatic rings. The van der Waals surface area contributed by atoms with Crippen LogP contribution >= 0.6 is 34.8 Å². The lowest BCUT2D eigenvalue weighted by Gasteiger charge is -2.28. The van der Waals surface area contributed by atoms with Crippen molar-refractivity contribution in [3.63, 3.8) is 0 Å². The largest absolute Gasteiger partial charge is 0.461 e. The highest BCUT2D eigenvalue weighted by atomic mass is 35.5. The predicted molar refractivity (Wildman–Crippen MR) is 154 cm³/mol. The summed E-state index contributed by atoms with van der Waals surface area (Å²) in [5.41, 5.74) is 6.24. The van der Waals surface area contributed by atoms with Gasteiger partial charge in [-0.1, -0.05) is 53.4 Å². The van der Waals surface area contributed by atoms with E-state index in [9.17, 15) is 9.59 Å². The molecule has 2 aromatic carbocycles. The number of ether oxygens (including phenoxy) is 3. The molecule has 9 nitrogen and oxygen atoms in total. The second-order valence-corrected chi connectivity index (χ2v) is 10.6. The van der Waals surface area contributed by atoms with Crippen LogP contribution in [0.15, 0.2) is 60.8 Å². The van der Waals surface area contributed by atoms with Crippen LogP contribution in [0.1, 0.15) is 23.8 Å². The maximum atomic E-state index is 13.0. The average molecular weight is 614 g/mol. The molecule has 210 valence electrons. The summed E-state index contributed by atoms with van der Waals surface area (Å²) in [5, 5.41) is 1.61.